The summed E-state index contributed by atoms with van der Waals surface area (Å²) >= 11 is 6.17. The van der Waals surface area contributed by atoms with E-state index >= 15 is 0 Å². The number of hydrogen-bond donors (Lipinski definition) is 2. The van der Waals surface area contributed by atoms with Gasteiger partial charge in [0.25, 0.3) is 0 Å². The molecule has 22 heavy (non-hydrogen) atoms. The van der Waals surface area contributed by atoms with Gasteiger partial charge in [-0.15, -0.1) is 0 Å². The third kappa shape index (κ3) is 5.50. The van der Waals surface area contributed by atoms with E-state index in [0.29, 0.717) is 5.92 Å². The minimum absolute atomic E-state index is 0.709. The number of rotatable bonds is 5. The fraction of sp³-hybridized carbons (Fsp3) is 0.588. The fourth-order valence-corrected chi connectivity index (χ4v) is 3.15. The molecular formula is C17H27ClN4. The minimum Gasteiger partial charge on any atom is -0.356 e. The molecule has 0 aliphatic carbocycles. The van der Waals surface area contributed by atoms with E-state index in [4.69, 9.17) is 11.6 Å². The van der Waals surface area contributed by atoms with Crippen LogP contribution in [0.3, 0.4) is 0 Å². The molecule has 0 radical (unpaired) electrons. The molecule has 4 nitrogen and oxygen atoms in total. The largest absolute Gasteiger partial charge is 0.356 e. The van der Waals surface area contributed by atoms with E-state index in [1.807, 2.05) is 25.2 Å². The predicted octanol–water partition coefficient (Wildman–Crippen LogP) is 2.39. The molecule has 1 unspecified atom stereocenters. The van der Waals surface area contributed by atoms with Crippen LogP contribution < -0.4 is 10.6 Å². The average Bonchev–Trinajstić information content (AvgIpc) is 2.52. The van der Waals surface area contributed by atoms with Crippen LogP contribution in [-0.4, -0.2) is 51.1 Å². The Morgan fingerprint density at radius 2 is 2.18 bits per heavy atom. The third-order valence-corrected chi connectivity index (χ3v) is 4.52. The van der Waals surface area contributed by atoms with Gasteiger partial charge in [-0.25, -0.2) is 0 Å². The standard InChI is InChI=1S/C17H27ClN4/c1-19-17(21-12-14-6-5-11-22(2)13-14)20-10-9-15-7-3-4-8-16(15)18/h3-4,7-8,14H,5-6,9-13H2,1-2H3,(H2,19,20,21). The first-order valence-electron chi connectivity index (χ1n) is 8.05. The Hall–Kier alpha value is -1.26. The van der Waals surface area contributed by atoms with Crippen LogP contribution in [0.5, 0.6) is 0 Å². The molecule has 1 saturated heterocycles. The molecule has 1 aliphatic heterocycles. The first-order valence-corrected chi connectivity index (χ1v) is 8.43. The molecule has 2 N–H and O–H groups in total. The highest BCUT2D eigenvalue weighted by molar-refractivity contribution is 6.31. The zero-order chi connectivity index (χ0) is 15.8. The van der Waals surface area contributed by atoms with E-state index in [1.165, 1.54) is 31.5 Å². The number of benzene rings is 1. The summed E-state index contributed by atoms with van der Waals surface area (Å²) in [5, 5.41) is 7.63. The lowest BCUT2D eigenvalue weighted by molar-refractivity contribution is 0.210. The highest BCUT2D eigenvalue weighted by Gasteiger charge is 2.17. The van der Waals surface area contributed by atoms with Gasteiger partial charge in [0.15, 0.2) is 5.96 Å². The third-order valence-electron chi connectivity index (χ3n) is 4.15. The van der Waals surface area contributed by atoms with Gasteiger partial charge < -0.3 is 15.5 Å². The molecule has 2 rings (SSSR count). The van der Waals surface area contributed by atoms with Crippen molar-refractivity contribution in [3.63, 3.8) is 0 Å². The van der Waals surface area contributed by atoms with Crippen LogP contribution in [-0.2, 0) is 6.42 Å². The molecular weight excluding hydrogens is 296 g/mol. The summed E-state index contributed by atoms with van der Waals surface area (Å²) in [6.07, 6.45) is 3.49. The Labute approximate surface area is 138 Å². The molecule has 1 aliphatic rings. The second-order valence-electron chi connectivity index (χ2n) is 5.99. The first-order chi connectivity index (χ1) is 10.7. The summed E-state index contributed by atoms with van der Waals surface area (Å²) in [6, 6.07) is 7.98. The Kier molecular flexibility index (Phi) is 7.00. The second kappa shape index (κ2) is 9.01. The van der Waals surface area contributed by atoms with Crippen molar-refractivity contribution in [1.29, 1.82) is 0 Å². The van der Waals surface area contributed by atoms with E-state index in [-0.39, 0.29) is 0 Å². The summed E-state index contributed by atoms with van der Waals surface area (Å²) in [6.45, 7) is 4.20. The molecule has 0 saturated carbocycles. The van der Waals surface area contributed by atoms with Crippen molar-refractivity contribution in [2.75, 3.05) is 40.3 Å². The number of guanidine groups is 1. The maximum absolute atomic E-state index is 6.17. The van der Waals surface area contributed by atoms with Crippen LogP contribution in [0.1, 0.15) is 18.4 Å². The lowest BCUT2D eigenvalue weighted by Crippen LogP contribution is -2.44. The van der Waals surface area contributed by atoms with Gasteiger partial charge in [-0.05, 0) is 50.4 Å². The van der Waals surface area contributed by atoms with Gasteiger partial charge in [0.1, 0.15) is 0 Å². The number of nitrogens with zero attached hydrogens (tertiary/aromatic N) is 2. The van der Waals surface area contributed by atoms with E-state index in [0.717, 1.165) is 30.5 Å². The molecule has 1 heterocycles. The first kappa shape index (κ1) is 17.1. The van der Waals surface area contributed by atoms with Crippen molar-refractivity contribution in [3.05, 3.63) is 34.9 Å². The average molecular weight is 323 g/mol. The highest BCUT2D eigenvalue weighted by atomic mass is 35.5. The van der Waals surface area contributed by atoms with Crippen molar-refractivity contribution in [3.8, 4) is 0 Å². The van der Waals surface area contributed by atoms with Gasteiger partial charge in [0.2, 0.25) is 0 Å². The Morgan fingerprint density at radius 3 is 2.91 bits per heavy atom. The summed E-state index contributed by atoms with van der Waals surface area (Å²) in [5.41, 5.74) is 1.17. The second-order valence-corrected chi connectivity index (χ2v) is 6.40. The lowest BCUT2D eigenvalue weighted by Gasteiger charge is -2.30. The highest BCUT2D eigenvalue weighted by Crippen LogP contribution is 2.15. The molecule has 0 amide bonds. The van der Waals surface area contributed by atoms with Crippen molar-refractivity contribution in [2.24, 2.45) is 10.9 Å². The van der Waals surface area contributed by atoms with Gasteiger partial charge in [0, 0.05) is 31.7 Å². The van der Waals surface area contributed by atoms with Crippen LogP contribution >= 0.6 is 11.6 Å². The zero-order valence-corrected chi connectivity index (χ0v) is 14.4. The molecule has 1 atom stereocenters. The number of halogens is 1. The summed E-state index contributed by atoms with van der Waals surface area (Å²) in [7, 11) is 4.01. The Bertz CT molecular complexity index is 489. The van der Waals surface area contributed by atoms with E-state index in [2.05, 4.69) is 33.6 Å². The van der Waals surface area contributed by atoms with Gasteiger partial charge in [-0.3, -0.25) is 4.99 Å². The Balaban J connectivity index is 1.70. The van der Waals surface area contributed by atoms with E-state index in [9.17, 15) is 0 Å². The number of nitrogens with one attached hydrogen (secondary N) is 2. The normalized spacial score (nSPS) is 20.0. The van der Waals surface area contributed by atoms with Gasteiger partial charge >= 0.3 is 0 Å². The maximum atomic E-state index is 6.17. The summed E-state index contributed by atoms with van der Waals surface area (Å²) in [5.74, 6) is 1.58. The van der Waals surface area contributed by atoms with Crippen molar-refractivity contribution in [2.45, 2.75) is 19.3 Å². The van der Waals surface area contributed by atoms with Crippen LogP contribution in [0.4, 0.5) is 0 Å². The van der Waals surface area contributed by atoms with Crippen LogP contribution in [0.25, 0.3) is 0 Å². The topological polar surface area (TPSA) is 39.7 Å². The molecule has 1 fully saturated rings. The number of piperidine rings is 1. The lowest BCUT2D eigenvalue weighted by atomic mass is 9.99. The van der Waals surface area contributed by atoms with Crippen molar-refractivity contribution < 1.29 is 0 Å². The van der Waals surface area contributed by atoms with Crippen LogP contribution in [0, 0.1) is 5.92 Å². The predicted molar refractivity (Wildman–Crippen MR) is 94.7 cm³/mol. The smallest absolute Gasteiger partial charge is 0.190 e. The molecule has 5 heteroatoms. The number of aliphatic imine (C=N–C) groups is 1. The quantitative estimate of drug-likeness (QED) is 0.646. The van der Waals surface area contributed by atoms with Crippen LogP contribution in [0.15, 0.2) is 29.3 Å². The number of likely N-dealkylation sites (tertiary alicyclic amines) is 1. The molecule has 0 spiro atoms. The van der Waals surface area contributed by atoms with Crippen molar-refractivity contribution >= 4 is 17.6 Å². The van der Waals surface area contributed by atoms with Gasteiger partial charge in [-0.1, -0.05) is 29.8 Å². The van der Waals surface area contributed by atoms with Gasteiger partial charge in [-0.2, -0.15) is 0 Å². The van der Waals surface area contributed by atoms with Gasteiger partial charge in [0.05, 0.1) is 0 Å². The fourth-order valence-electron chi connectivity index (χ4n) is 2.92. The van der Waals surface area contributed by atoms with Crippen LogP contribution in [0.2, 0.25) is 5.02 Å². The molecule has 1 aromatic rings. The van der Waals surface area contributed by atoms with E-state index < -0.39 is 0 Å². The Morgan fingerprint density at radius 1 is 1.36 bits per heavy atom. The molecule has 0 bridgehead atoms. The monoisotopic (exact) mass is 322 g/mol. The molecule has 0 aromatic heterocycles. The van der Waals surface area contributed by atoms with Crippen molar-refractivity contribution in [1.82, 2.24) is 15.5 Å². The zero-order valence-electron chi connectivity index (χ0n) is 13.6. The summed E-state index contributed by atoms with van der Waals surface area (Å²) < 4.78 is 0. The van der Waals surface area contributed by atoms with E-state index in [1.54, 1.807) is 0 Å². The summed E-state index contributed by atoms with van der Waals surface area (Å²) in [4.78, 5) is 6.70. The minimum atomic E-state index is 0.709. The number of hydrogen-bond acceptors (Lipinski definition) is 2. The SMILES string of the molecule is CN=C(NCCc1ccccc1Cl)NCC1CCCN(C)C1. The maximum Gasteiger partial charge on any atom is 0.190 e. The molecule has 122 valence electrons. The molecule has 1 aromatic carbocycles.